The third-order valence-corrected chi connectivity index (χ3v) is 4.55. The molecule has 1 aliphatic rings. The highest BCUT2D eigenvalue weighted by molar-refractivity contribution is 6.10. The molecular formula is C21H18FN3O2. The number of hydrogen-bond donors (Lipinski definition) is 2. The van der Waals surface area contributed by atoms with Crippen LogP contribution in [0.15, 0.2) is 48.5 Å². The zero-order chi connectivity index (χ0) is 19.0. The van der Waals surface area contributed by atoms with Crippen LogP contribution in [0, 0.1) is 12.7 Å². The molecule has 0 atom stereocenters. The number of nitrogens with zero attached hydrogens (tertiary/aromatic N) is 1. The van der Waals surface area contributed by atoms with Crippen LogP contribution in [0.1, 0.15) is 39.3 Å². The molecule has 0 spiro atoms. The molecule has 0 unspecified atom stereocenters. The summed E-state index contributed by atoms with van der Waals surface area (Å²) in [6.07, 6.45) is 1.98. The summed E-state index contributed by atoms with van der Waals surface area (Å²) >= 11 is 0. The predicted octanol–water partition coefficient (Wildman–Crippen LogP) is 3.83. The van der Waals surface area contributed by atoms with Gasteiger partial charge in [-0.15, -0.1) is 0 Å². The second-order valence-corrected chi connectivity index (χ2v) is 6.71. The average molecular weight is 363 g/mol. The van der Waals surface area contributed by atoms with E-state index in [1.165, 1.54) is 12.1 Å². The molecule has 1 fully saturated rings. The van der Waals surface area contributed by atoms with Gasteiger partial charge in [-0.1, -0.05) is 12.1 Å². The topological polar surface area (TPSA) is 71.1 Å². The van der Waals surface area contributed by atoms with Crippen LogP contribution in [-0.4, -0.2) is 22.8 Å². The highest BCUT2D eigenvalue weighted by Gasteiger charge is 2.25. The van der Waals surface area contributed by atoms with E-state index in [0.717, 1.165) is 12.8 Å². The van der Waals surface area contributed by atoms with Crippen molar-refractivity contribution >= 4 is 28.4 Å². The minimum Gasteiger partial charge on any atom is -0.349 e. The van der Waals surface area contributed by atoms with Crippen LogP contribution >= 0.6 is 0 Å². The predicted molar refractivity (Wildman–Crippen MR) is 101 cm³/mol. The molecule has 2 aromatic carbocycles. The van der Waals surface area contributed by atoms with Crippen LogP contribution in [0.4, 0.5) is 10.1 Å². The summed E-state index contributed by atoms with van der Waals surface area (Å²) in [7, 11) is 0. The molecule has 5 nitrogen and oxygen atoms in total. The average Bonchev–Trinajstić information content (AvgIpc) is 3.45. The lowest BCUT2D eigenvalue weighted by Gasteiger charge is -2.12. The zero-order valence-electron chi connectivity index (χ0n) is 14.8. The fourth-order valence-electron chi connectivity index (χ4n) is 2.94. The second-order valence-electron chi connectivity index (χ2n) is 6.71. The summed E-state index contributed by atoms with van der Waals surface area (Å²) in [6.45, 7) is 1.70. The fourth-order valence-corrected chi connectivity index (χ4v) is 2.94. The molecule has 1 aliphatic carbocycles. The lowest BCUT2D eigenvalue weighted by molar-refractivity contribution is 0.0952. The zero-order valence-corrected chi connectivity index (χ0v) is 14.8. The van der Waals surface area contributed by atoms with E-state index in [4.69, 9.17) is 0 Å². The van der Waals surface area contributed by atoms with Gasteiger partial charge < -0.3 is 10.6 Å². The third-order valence-electron chi connectivity index (χ3n) is 4.55. The van der Waals surface area contributed by atoms with Gasteiger partial charge in [0.25, 0.3) is 11.8 Å². The van der Waals surface area contributed by atoms with Crippen molar-refractivity contribution in [2.45, 2.75) is 25.8 Å². The SMILES string of the molecule is Cc1nc2cc(F)ccc2cc1C(=O)Nc1ccccc1C(=O)NC1CC1. The van der Waals surface area contributed by atoms with Crippen molar-refractivity contribution in [1.29, 1.82) is 0 Å². The van der Waals surface area contributed by atoms with Gasteiger partial charge in [-0.3, -0.25) is 14.6 Å². The number of anilines is 1. The van der Waals surface area contributed by atoms with Crippen molar-refractivity contribution in [3.63, 3.8) is 0 Å². The van der Waals surface area contributed by atoms with Gasteiger partial charge in [-0.2, -0.15) is 0 Å². The van der Waals surface area contributed by atoms with Gasteiger partial charge in [0.2, 0.25) is 0 Å². The van der Waals surface area contributed by atoms with Gasteiger partial charge in [0, 0.05) is 17.5 Å². The number of halogens is 1. The Balaban J connectivity index is 1.63. The Morgan fingerprint density at radius 3 is 2.59 bits per heavy atom. The first kappa shape index (κ1) is 17.1. The molecular weight excluding hydrogens is 345 g/mol. The Labute approximate surface area is 155 Å². The van der Waals surface area contributed by atoms with Crippen LogP contribution < -0.4 is 10.6 Å². The van der Waals surface area contributed by atoms with Crippen LogP contribution in [0.25, 0.3) is 10.9 Å². The van der Waals surface area contributed by atoms with Crippen LogP contribution in [0.2, 0.25) is 0 Å². The third kappa shape index (κ3) is 3.65. The van der Waals surface area contributed by atoms with E-state index in [0.29, 0.717) is 33.4 Å². The first-order valence-corrected chi connectivity index (χ1v) is 8.79. The summed E-state index contributed by atoms with van der Waals surface area (Å²) in [5.74, 6) is -0.933. The number of pyridine rings is 1. The number of aromatic nitrogens is 1. The molecule has 2 N–H and O–H groups in total. The monoisotopic (exact) mass is 363 g/mol. The first-order chi connectivity index (χ1) is 13.0. The number of rotatable bonds is 4. The molecule has 2 amide bonds. The van der Waals surface area contributed by atoms with Crippen molar-refractivity contribution in [1.82, 2.24) is 10.3 Å². The van der Waals surface area contributed by atoms with Gasteiger partial charge in [0.05, 0.1) is 28.0 Å². The van der Waals surface area contributed by atoms with E-state index in [9.17, 15) is 14.0 Å². The van der Waals surface area contributed by atoms with Gasteiger partial charge in [-0.25, -0.2) is 4.39 Å². The Bertz CT molecular complexity index is 1060. The maximum absolute atomic E-state index is 13.4. The van der Waals surface area contributed by atoms with E-state index >= 15 is 0 Å². The van der Waals surface area contributed by atoms with Crippen molar-refractivity contribution in [2.75, 3.05) is 5.32 Å². The van der Waals surface area contributed by atoms with E-state index in [1.807, 2.05) is 0 Å². The normalized spacial score (nSPS) is 13.4. The lowest BCUT2D eigenvalue weighted by atomic mass is 10.1. The maximum atomic E-state index is 13.4. The largest absolute Gasteiger partial charge is 0.349 e. The number of hydrogen-bond acceptors (Lipinski definition) is 3. The standard InChI is InChI=1S/C21H18FN3O2/c1-12-17(10-13-6-7-14(22)11-19(13)23-12)21(27)25-18-5-3-2-4-16(18)20(26)24-15-8-9-15/h2-7,10-11,15H,8-9H2,1H3,(H,24,26)(H,25,27). The molecule has 0 bridgehead atoms. The molecule has 1 heterocycles. The summed E-state index contributed by atoms with van der Waals surface area (Å²) in [4.78, 5) is 29.5. The summed E-state index contributed by atoms with van der Waals surface area (Å²) in [5, 5.41) is 6.40. The van der Waals surface area contributed by atoms with E-state index < -0.39 is 0 Å². The Morgan fingerprint density at radius 1 is 1.04 bits per heavy atom. The molecule has 1 aromatic heterocycles. The van der Waals surface area contributed by atoms with E-state index in [2.05, 4.69) is 15.6 Å². The molecule has 4 rings (SSSR count). The van der Waals surface area contributed by atoms with Gasteiger partial charge >= 0.3 is 0 Å². The smallest absolute Gasteiger partial charge is 0.257 e. The summed E-state index contributed by atoms with van der Waals surface area (Å²) < 4.78 is 13.4. The number of carbonyl (C=O) groups excluding carboxylic acids is 2. The van der Waals surface area contributed by atoms with Crippen LogP contribution in [0.5, 0.6) is 0 Å². The lowest BCUT2D eigenvalue weighted by Crippen LogP contribution is -2.27. The number of para-hydroxylation sites is 1. The van der Waals surface area contributed by atoms with E-state index in [-0.39, 0.29) is 23.7 Å². The molecule has 1 saturated carbocycles. The molecule has 3 aromatic rings. The summed E-state index contributed by atoms with van der Waals surface area (Å²) in [6, 6.07) is 13.1. The molecule has 6 heteroatoms. The fraction of sp³-hybridized carbons (Fsp3) is 0.190. The minimum absolute atomic E-state index is 0.197. The number of amides is 2. The molecule has 136 valence electrons. The van der Waals surface area contributed by atoms with Crippen LogP contribution in [0.3, 0.4) is 0 Å². The van der Waals surface area contributed by atoms with Crippen molar-refractivity contribution in [2.24, 2.45) is 0 Å². The maximum Gasteiger partial charge on any atom is 0.257 e. The minimum atomic E-state index is -0.373. The Morgan fingerprint density at radius 2 is 1.81 bits per heavy atom. The highest BCUT2D eigenvalue weighted by Crippen LogP contribution is 2.23. The Hall–Kier alpha value is -3.28. The number of benzene rings is 2. The number of aryl methyl sites for hydroxylation is 1. The number of nitrogens with one attached hydrogen (secondary N) is 2. The van der Waals surface area contributed by atoms with Gasteiger partial charge in [0.15, 0.2) is 0 Å². The van der Waals surface area contributed by atoms with Crippen molar-refractivity contribution in [3.8, 4) is 0 Å². The number of fused-ring (bicyclic) bond motifs is 1. The van der Waals surface area contributed by atoms with Crippen molar-refractivity contribution in [3.05, 3.63) is 71.2 Å². The molecule has 0 aliphatic heterocycles. The molecule has 27 heavy (non-hydrogen) atoms. The highest BCUT2D eigenvalue weighted by atomic mass is 19.1. The molecule has 0 radical (unpaired) electrons. The van der Waals surface area contributed by atoms with Gasteiger partial charge in [-0.05, 0) is 50.1 Å². The number of carbonyl (C=O) groups is 2. The van der Waals surface area contributed by atoms with Gasteiger partial charge in [0.1, 0.15) is 5.82 Å². The Kier molecular flexibility index (Phi) is 4.32. The summed E-state index contributed by atoms with van der Waals surface area (Å²) in [5.41, 5.74) is 2.23. The first-order valence-electron chi connectivity index (χ1n) is 8.79. The quantitative estimate of drug-likeness (QED) is 0.740. The van der Waals surface area contributed by atoms with Crippen LogP contribution in [-0.2, 0) is 0 Å². The second kappa shape index (κ2) is 6.79. The van der Waals surface area contributed by atoms with Crippen molar-refractivity contribution < 1.29 is 14.0 Å². The molecule has 0 saturated heterocycles. The van der Waals surface area contributed by atoms with E-state index in [1.54, 1.807) is 43.3 Å².